The van der Waals surface area contributed by atoms with E-state index in [9.17, 15) is 0 Å². The monoisotopic (exact) mass is 299 g/mol. The molecule has 1 saturated heterocycles. The molecule has 1 aliphatic rings. The number of halogens is 1. The molecule has 0 aliphatic carbocycles. The summed E-state index contributed by atoms with van der Waals surface area (Å²) < 4.78 is 1.15. The van der Waals surface area contributed by atoms with Crippen molar-refractivity contribution in [3.05, 3.63) is 34.3 Å². The Hall–Kier alpha value is 0.01000. The summed E-state index contributed by atoms with van der Waals surface area (Å²) in [6.07, 6.45) is 1.09. The fraction of sp³-hybridized carbons (Fsp3) is 0.538. The highest BCUT2D eigenvalue weighted by atomic mass is 79.9. The molecule has 1 aromatic carbocycles. The Kier molecular flexibility index (Phi) is 3.98. The number of benzene rings is 1. The lowest BCUT2D eigenvalue weighted by Crippen LogP contribution is -2.48. The third-order valence-corrected chi connectivity index (χ3v) is 5.16. The Morgan fingerprint density at radius 1 is 1.44 bits per heavy atom. The molecule has 0 saturated carbocycles. The molecule has 1 aromatic rings. The molecule has 2 unspecified atom stereocenters. The van der Waals surface area contributed by atoms with Crippen molar-refractivity contribution < 1.29 is 0 Å². The van der Waals surface area contributed by atoms with Crippen LogP contribution in [0, 0.1) is 5.92 Å². The first-order valence-electron chi connectivity index (χ1n) is 5.71. The fourth-order valence-corrected chi connectivity index (χ4v) is 3.42. The highest BCUT2D eigenvalue weighted by Gasteiger charge is 2.29. The third-order valence-electron chi connectivity index (χ3n) is 2.97. The zero-order chi connectivity index (χ0) is 11.6. The van der Waals surface area contributed by atoms with Gasteiger partial charge in [0.15, 0.2) is 0 Å². The van der Waals surface area contributed by atoms with Crippen molar-refractivity contribution in [2.75, 3.05) is 12.3 Å². The van der Waals surface area contributed by atoms with E-state index in [1.54, 1.807) is 0 Å². The van der Waals surface area contributed by atoms with Gasteiger partial charge in [0.25, 0.3) is 0 Å². The molecule has 1 nitrogen and oxygen atoms in total. The van der Waals surface area contributed by atoms with Crippen LogP contribution in [0.2, 0.25) is 0 Å². The first-order chi connectivity index (χ1) is 7.57. The van der Waals surface area contributed by atoms with Gasteiger partial charge < -0.3 is 5.32 Å². The van der Waals surface area contributed by atoms with Crippen molar-refractivity contribution >= 4 is 27.7 Å². The molecule has 0 radical (unpaired) electrons. The van der Waals surface area contributed by atoms with Crippen LogP contribution < -0.4 is 5.32 Å². The minimum atomic E-state index is 0.209. The summed E-state index contributed by atoms with van der Waals surface area (Å²) in [6, 6.07) is 8.65. The van der Waals surface area contributed by atoms with Gasteiger partial charge in [-0.25, -0.2) is 0 Å². The Morgan fingerprint density at radius 3 is 2.69 bits per heavy atom. The molecule has 3 heteroatoms. The molecule has 0 spiro atoms. The average molecular weight is 300 g/mol. The smallest absolute Gasteiger partial charge is 0.0657 e. The maximum Gasteiger partial charge on any atom is 0.0657 e. The molecule has 2 rings (SSSR count). The van der Waals surface area contributed by atoms with Crippen molar-refractivity contribution in [1.82, 2.24) is 5.32 Å². The maximum atomic E-state index is 3.66. The van der Waals surface area contributed by atoms with Crippen molar-refractivity contribution in [2.24, 2.45) is 5.92 Å². The van der Waals surface area contributed by atoms with Gasteiger partial charge in [0.05, 0.1) is 4.87 Å². The predicted molar refractivity (Wildman–Crippen MR) is 75.9 cm³/mol. The molecule has 1 heterocycles. The molecule has 2 atom stereocenters. The largest absolute Gasteiger partial charge is 0.302 e. The van der Waals surface area contributed by atoms with Gasteiger partial charge in [0, 0.05) is 4.47 Å². The molecule has 1 fully saturated rings. The zero-order valence-electron chi connectivity index (χ0n) is 9.79. The van der Waals surface area contributed by atoms with Crippen LogP contribution in [0.5, 0.6) is 0 Å². The maximum absolute atomic E-state index is 3.66. The second kappa shape index (κ2) is 5.11. The Morgan fingerprint density at radius 2 is 2.12 bits per heavy atom. The lowest BCUT2D eigenvalue weighted by atomic mass is 10.1. The minimum Gasteiger partial charge on any atom is -0.302 e. The molecule has 0 bridgehead atoms. The quantitative estimate of drug-likeness (QED) is 0.894. The normalized spacial score (nSPS) is 30.3. The number of hydrogen-bond acceptors (Lipinski definition) is 2. The highest BCUT2D eigenvalue weighted by molar-refractivity contribution is 9.10. The van der Waals surface area contributed by atoms with E-state index in [1.165, 1.54) is 11.3 Å². The molecule has 1 aliphatic heterocycles. The molecular weight excluding hydrogens is 282 g/mol. The van der Waals surface area contributed by atoms with E-state index in [0.717, 1.165) is 23.4 Å². The van der Waals surface area contributed by atoms with Crippen LogP contribution in [0.15, 0.2) is 28.7 Å². The fourth-order valence-electron chi connectivity index (χ4n) is 1.93. The van der Waals surface area contributed by atoms with Crippen LogP contribution in [0.25, 0.3) is 0 Å². The SMILES string of the molecule is CC1CNC(C)(Cc2ccc(Br)cc2)SC1. The lowest BCUT2D eigenvalue weighted by molar-refractivity contribution is 0.430. The molecular formula is C13H18BrNS. The van der Waals surface area contributed by atoms with Crippen LogP contribution in [0.1, 0.15) is 19.4 Å². The van der Waals surface area contributed by atoms with Gasteiger partial charge in [-0.05, 0) is 49.3 Å². The average Bonchev–Trinajstić information content (AvgIpc) is 2.27. The summed E-state index contributed by atoms with van der Waals surface area (Å²) in [4.78, 5) is 0.209. The second-order valence-electron chi connectivity index (χ2n) is 4.83. The highest BCUT2D eigenvalue weighted by Crippen LogP contribution is 2.32. The Labute approximate surface area is 111 Å². The summed E-state index contributed by atoms with van der Waals surface area (Å²) in [5, 5.41) is 3.66. The van der Waals surface area contributed by atoms with Crippen LogP contribution in [-0.2, 0) is 6.42 Å². The zero-order valence-corrected chi connectivity index (χ0v) is 12.2. The van der Waals surface area contributed by atoms with Gasteiger partial charge >= 0.3 is 0 Å². The van der Waals surface area contributed by atoms with Gasteiger partial charge in [-0.3, -0.25) is 0 Å². The van der Waals surface area contributed by atoms with Gasteiger partial charge in [0.2, 0.25) is 0 Å². The number of hydrogen-bond donors (Lipinski definition) is 1. The standard InChI is InChI=1S/C13H18BrNS/c1-10-8-15-13(2,16-9-10)7-11-3-5-12(14)6-4-11/h3-6,10,15H,7-9H2,1-2H3. The summed E-state index contributed by atoms with van der Waals surface area (Å²) in [6.45, 7) is 5.75. The van der Waals surface area contributed by atoms with E-state index in [0.29, 0.717) is 0 Å². The van der Waals surface area contributed by atoms with Crippen molar-refractivity contribution in [3.63, 3.8) is 0 Å². The molecule has 88 valence electrons. The van der Waals surface area contributed by atoms with Gasteiger partial charge in [-0.2, -0.15) is 0 Å². The second-order valence-corrected chi connectivity index (χ2v) is 7.27. The number of nitrogens with one attached hydrogen (secondary N) is 1. The van der Waals surface area contributed by atoms with E-state index in [-0.39, 0.29) is 4.87 Å². The van der Waals surface area contributed by atoms with E-state index in [2.05, 4.69) is 59.4 Å². The molecule has 16 heavy (non-hydrogen) atoms. The first-order valence-corrected chi connectivity index (χ1v) is 7.49. The summed E-state index contributed by atoms with van der Waals surface area (Å²) in [5.74, 6) is 2.06. The minimum absolute atomic E-state index is 0.209. The lowest BCUT2D eigenvalue weighted by Gasteiger charge is -2.37. The van der Waals surface area contributed by atoms with Crippen molar-refractivity contribution in [2.45, 2.75) is 25.1 Å². The van der Waals surface area contributed by atoms with Crippen molar-refractivity contribution in [1.29, 1.82) is 0 Å². The first kappa shape index (κ1) is 12.5. The molecule has 0 amide bonds. The summed E-state index contributed by atoms with van der Waals surface area (Å²) in [5.41, 5.74) is 1.40. The van der Waals surface area contributed by atoms with Crippen LogP contribution >= 0.6 is 27.7 Å². The van der Waals surface area contributed by atoms with E-state index in [4.69, 9.17) is 0 Å². The van der Waals surface area contributed by atoms with Gasteiger partial charge in [-0.15, -0.1) is 11.8 Å². The Bertz CT molecular complexity index is 341. The molecule has 1 N–H and O–H groups in total. The van der Waals surface area contributed by atoms with Crippen LogP contribution in [0.3, 0.4) is 0 Å². The number of thioether (sulfide) groups is 1. The van der Waals surface area contributed by atoms with Gasteiger partial charge in [-0.1, -0.05) is 35.0 Å². The summed E-state index contributed by atoms with van der Waals surface area (Å²) >= 11 is 5.52. The van der Waals surface area contributed by atoms with Gasteiger partial charge in [0.1, 0.15) is 0 Å². The van der Waals surface area contributed by atoms with E-state index < -0.39 is 0 Å². The van der Waals surface area contributed by atoms with Crippen LogP contribution in [0.4, 0.5) is 0 Å². The topological polar surface area (TPSA) is 12.0 Å². The van der Waals surface area contributed by atoms with Crippen LogP contribution in [-0.4, -0.2) is 17.2 Å². The van der Waals surface area contributed by atoms with Crippen molar-refractivity contribution in [3.8, 4) is 0 Å². The molecule has 0 aromatic heterocycles. The van der Waals surface area contributed by atoms with E-state index in [1.807, 2.05) is 11.8 Å². The Balaban J connectivity index is 2.00. The predicted octanol–water partition coefficient (Wildman–Crippen LogP) is 3.68. The third kappa shape index (κ3) is 3.25. The van der Waals surface area contributed by atoms with E-state index >= 15 is 0 Å². The number of rotatable bonds is 2. The summed E-state index contributed by atoms with van der Waals surface area (Å²) in [7, 11) is 0.